The van der Waals surface area contributed by atoms with Crippen molar-refractivity contribution in [3.8, 4) is 11.8 Å². The van der Waals surface area contributed by atoms with Crippen molar-refractivity contribution >= 4 is 5.82 Å². The average Bonchev–Trinajstić information content (AvgIpc) is 3.27. The Morgan fingerprint density at radius 2 is 1.83 bits per heavy atom. The van der Waals surface area contributed by atoms with Crippen LogP contribution in [0.4, 0.5) is 5.82 Å². The lowest BCUT2D eigenvalue weighted by molar-refractivity contribution is 0.303. The maximum absolute atomic E-state index is 12.5. The Balaban J connectivity index is 1.56. The zero-order valence-corrected chi connectivity index (χ0v) is 16.7. The van der Waals surface area contributed by atoms with E-state index in [0.29, 0.717) is 24.7 Å². The van der Waals surface area contributed by atoms with Gasteiger partial charge in [0.05, 0.1) is 0 Å². The Labute approximate surface area is 175 Å². The third kappa shape index (κ3) is 4.69. The second-order valence-corrected chi connectivity index (χ2v) is 7.53. The topological polar surface area (TPSA) is 90.8 Å². The maximum Gasteiger partial charge on any atom is 0.271 e. The monoisotopic (exact) mass is 400 g/mol. The molecule has 0 spiro atoms. The van der Waals surface area contributed by atoms with E-state index in [1.807, 2.05) is 60.7 Å². The summed E-state index contributed by atoms with van der Waals surface area (Å²) in [5.74, 6) is 1.64. The van der Waals surface area contributed by atoms with E-state index >= 15 is 0 Å². The number of nitrogens with zero attached hydrogens (tertiary/aromatic N) is 2. The second kappa shape index (κ2) is 9.27. The number of aromatic amines is 1. The van der Waals surface area contributed by atoms with Crippen molar-refractivity contribution in [2.45, 2.75) is 44.8 Å². The normalized spacial score (nSPS) is 13.7. The van der Waals surface area contributed by atoms with Crippen molar-refractivity contribution in [3.63, 3.8) is 0 Å². The molecule has 0 unspecified atom stereocenters. The minimum absolute atomic E-state index is 0.0410. The van der Waals surface area contributed by atoms with Crippen LogP contribution >= 0.6 is 0 Å². The number of ether oxygens (including phenoxy) is 1. The first kappa shape index (κ1) is 19.7. The van der Waals surface area contributed by atoms with E-state index < -0.39 is 5.56 Å². The molecule has 0 atom stereocenters. The smallest absolute Gasteiger partial charge is 0.271 e. The molecule has 1 fully saturated rings. The number of aromatic nitrogens is 2. The summed E-state index contributed by atoms with van der Waals surface area (Å²) in [6.07, 6.45) is 4.78. The number of nitriles is 1. The standard InChI is InChI=1S/C24H24N4O2/c25-15-20-23(26-19-11-5-6-12-19)27-22(28-24(20)29)14-18-10-4-7-13-21(18)30-16-17-8-2-1-3-9-17/h1-4,7-10,13,19H,5-6,11-12,14,16H2,(H2,26,27,28,29). The van der Waals surface area contributed by atoms with E-state index in [9.17, 15) is 10.1 Å². The summed E-state index contributed by atoms with van der Waals surface area (Å²) < 4.78 is 6.02. The van der Waals surface area contributed by atoms with E-state index in [0.717, 1.165) is 42.6 Å². The van der Waals surface area contributed by atoms with Crippen LogP contribution in [0.5, 0.6) is 5.75 Å². The maximum atomic E-state index is 12.5. The van der Waals surface area contributed by atoms with Crippen LogP contribution in [-0.4, -0.2) is 16.0 Å². The highest BCUT2D eigenvalue weighted by atomic mass is 16.5. The van der Waals surface area contributed by atoms with Crippen LogP contribution in [0.2, 0.25) is 0 Å². The van der Waals surface area contributed by atoms with Crippen LogP contribution in [0.15, 0.2) is 59.4 Å². The van der Waals surface area contributed by atoms with Crippen LogP contribution in [-0.2, 0) is 13.0 Å². The number of rotatable bonds is 7. The highest BCUT2D eigenvalue weighted by Gasteiger charge is 2.19. The number of para-hydroxylation sites is 1. The quantitative estimate of drug-likeness (QED) is 0.621. The molecule has 1 aromatic heterocycles. The average molecular weight is 400 g/mol. The molecule has 1 aliphatic rings. The van der Waals surface area contributed by atoms with E-state index in [1.165, 1.54) is 0 Å². The largest absolute Gasteiger partial charge is 0.489 e. The molecule has 2 aromatic carbocycles. The van der Waals surface area contributed by atoms with Crippen molar-refractivity contribution < 1.29 is 4.74 Å². The van der Waals surface area contributed by atoms with E-state index in [1.54, 1.807) is 0 Å². The van der Waals surface area contributed by atoms with Gasteiger partial charge in [0.15, 0.2) is 11.4 Å². The van der Waals surface area contributed by atoms with Crippen molar-refractivity contribution in [2.24, 2.45) is 0 Å². The van der Waals surface area contributed by atoms with Crippen LogP contribution in [0.3, 0.4) is 0 Å². The molecular weight excluding hydrogens is 376 g/mol. The fraction of sp³-hybridized carbons (Fsp3) is 0.292. The number of H-pyrrole nitrogens is 1. The third-order valence-electron chi connectivity index (χ3n) is 5.34. The van der Waals surface area contributed by atoms with Crippen LogP contribution in [0.1, 0.15) is 48.2 Å². The van der Waals surface area contributed by atoms with Gasteiger partial charge in [0.1, 0.15) is 24.3 Å². The van der Waals surface area contributed by atoms with Gasteiger partial charge in [-0.15, -0.1) is 0 Å². The molecule has 6 nitrogen and oxygen atoms in total. The molecule has 6 heteroatoms. The molecule has 0 saturated heterocycles. The highest BCUT2D eigenvalue weighted by molar-refractivity contribution is 5.51. The zero-order chi connectivity index (χ0) is 20.8. The van der Waals surface area contributed by atoms with Crippen molar-refractivity contribution in [3.05, 3.63) is 87.5 Å². The summed E-state index contributed by atoms with van der Waals surface area (Å²) in [6.45, 7) is 0.462. The van der Waals surface area contributed by atoms with Gasteiger partial charge in [-0.3, -0.25) is 4.79 Å². The molecule has 2 N–H and O–H groups in total. The van der Waals surface area contributed by atoms with Gasteiger partial charge in [-0.1, -0.05) is 61.4 Å². The zero-order valence-electron chi connectivity index (χ0n) is 16.7. The number of hydrogen-bond donors (Lipinski definition) is 2. The number of nitrogens with one attached hydrogen (secondary N) is 2. The summed E-state index contributed by atoms with van der Waals surface area (Å²) in [5.41, 5.74) is 1.64. The lowest BCUT2D eigenvalue weighted by Crippen LogP contribution is -2.23. The van der Waals surface area contributed by atoms with Gasteiger partial charge in [-0.25, -0.2) is 4.98 Å². The van der Waals surface area contributed by atoms with Gasteiger partial charge in [0.2, 0.25) is 0 Å². The van der Waals surface area contributed by atoms with Gasteiger partial charge in [-0.2, -0.15) is 5.26 Å². The Morgan fingerprint density at radius 3 is 2.60 bits per heavy atom. The van der Waals surface area contributed by atoms with Gasteiger partial charge in [0.25, 0.3) is 5.56 Å². The Hall–Kier alpha value is -3.59. The predicted octanol–water partition coefficient (Wildman–Crippen LogP) is 4.17. The van der Waals surface area contributed by atoms with E-state index in [-0.39, 0.29) is 11.6 Å². The van der Waals surface area contributed by atoms with Crippen LogP contribution in [0, 0.1) is 11.3 Å². The molecule has 3 aromatic rings. The minimum Gasteiger partial charge on any atom is -0.489 e. The molecule has 152 valence electrons. The first-order valence-corrected chi connectivity index (χ1v) is 10.3. The first-order chi connectivity index (χ1) is 14.7. The van der Waals surface area contributed by atoms with Crippen molar-refractivity contribution in [1.82, 2.24) is 9.97 Å². The first-order valence-electron chi connectivity index (χ1n) is 10.3. The van der Waals surface area contributed by atoms with Crippen LogP contribution in [0.25, 0.3) is 0 Å². The lowest BCUT2D eigenvalue weighted by Gasteiger charge is -2.15. The van der Waals surface area contributed by atoms with Gasteiger partial charge >= 0.3 is 0 Å². The third-order valence-corrected chi connectivity index (χ3v) is 5.34. The molecule has 0 amide bonds. The minimum atomic E-state index is -0.411. The Morgan fingerprint density at radius 1 is 1.10 bits per heavy atom. The summed E-state index contributed by atoms with van der Waals surface area (Å²) in [5, 5.41) is 12.7. The Kier molecular flexibility index (Phi) is 6.09. The summed E-state index contributed by atoms with van der Waals surface area (Å²) in [6, 6.07) is 20.0. The fourth-order valence-corrected chi connectivity index (χ4v) is 3.78. The molecule has 1 aliphatic carbocycles. The van der Waals surface area contributed by atoms with Gasteiger partial charge < -0.3 is 15.0 Å². The number of benzene rings is 2. The molecule has 4 rings (SSSR count). The molecular formula is C24H24N4O2. The highest BCUT2D eigenvalue weighted by Crippen LogP contribution is 2.24. The summed E-state index contributed by atoms with van der Waals surface area (Å²) >= 11 is 0. The van der Waals surface area contributed by atoms with E-state index in [2.05, 4.69) is 15.3 Å². The molecule has 0 aliphatic heterocycles. The molecule has 1 saturated carbocycles. The van der Waals surface area contributed by atoms with E-state index in [4.69, 9.17) is 4.74 Å². The summed E-state index contributed by atoms with van der Waals surface area (Å²) in [7, 11) is 0. The van der Waals surface area contributed by atoms with Crippen molar-refractivity contribution in [2.75, 3.05) is 5.32 Å². The van der Waals surface area contributed by atoms with Crippen molar-refractivity contribution in [1.29, 1.82) is 5.26 Å². The number of anilines is 1. The van der Waals surface area contributed by atoms with Crippen LogP contribution < -0.4 is 15.6 Å². The summed E-state index contributed by atoms with van der Waals surface area (Å²) in [4.78, 5) is 19.8. The number of hydrogen-bond acceptors (Lipinski definition) is 5. The SMILES string of the molecule is N#Cc1c(NC2CCCC2)nc(Cc2ccccc2OCc2ccccc2)[nH]c1=O. The fourth-order valence-electron chi connectivity index (χ4n) is 3.78. The molecule has 0 radical (unpaired) electrons. The molecule has 0 bridgehead atoms. The lowest BCUT2D eigenvalue weighted by atomic mass is 10.1. The van der Waals surface area contributed by atoms with Gasteiger partial charge in [0, 0.05) is 18.0 Å². The van der Waals surface area contributed by atoms with Gasteiger partial charge in [-0.05, 0) is 24.5 Å². The molecule has 1 heterocycles. The Bertz CT molecular complexity index is 1100. The second-order valence-electron chi connectivity index (χ2n) is 7.53. The molecule has 30 heavy (non-hydrogen) atoms. The predicted molar refractivity (Wildman–Crippen MR) is 115 cm³/mol.